The molecule has 180 valence electrons. The van der Waals surface area contributed by atoms with Gasteiger partial charge in [-0.05, 0) is 69.6 Å². The molecule has 33 heavy (non-hydrogen) atoms. The van der Waals surface area contributed by atoms with Gasteiger partial charge in [0.1, 0.15) is 5.60 Å². The number of rotatable bonds is 3. The van der Waals surface area contributed by atoms with Gasteiger partial charge in [0.15, 0.2) is 14.1 Å². The third-order valence-corrected chi connectivity index (χ3v) is 11.1. The van der Waals surface area contributed by atoms with E-state index in [0.717, 1.165) is 16.6 Å². The number of benzene rings is 1. The standard InChI is InChI=1S/C26H38N2O4Si/c1-25(2,3)32-24(30)28-13-11-10-12-23(29)20-15-18-14-19(27(7)21(18)16-22(20)28)17-31-33(8,9)26(4,5)6/h10,12,14-16H,11,13,17H2,1-9H3/b12-10-. The Morgan fingerprint density at radius 1 is 1.09 bits per heavy atom. The molecule has 0 N–H and O–H groups in total. The molecule has 1 aliphatic rings. The molecule has 1 aliphatic heterocycles. The molecule has 1 aromatic heterocycles. The highest BCUT2D eigenvalue weighted by molar-refractivity contribution is 6.74. The Hall–Kier alpha value is -2.38. The minimum absolute atomic E-state index is 0.108. The van der Waals surface area contributed by atoms with Crippen molar-refractivity contribution in [3.05, 3.63) is 41.6 Å². The summed E-state index contributed by atoms with van der Waals surface area (Å²) in [6, 6.07) is 5.90. The van der Waals surface area contributed by atoms with Crippen molar-refractivity contribution in [2.45, 2.75) is 78.3 Å². The highest BCUT2D eigenvalue weighted by atomic mass is 28.4. The lowest BCUT2D eigenvalue weighted by Gasteiger charge is -2.36. The number of ketones is 1. The van der Waals surface area contributed by atoms with Crippen LogP contribution in [0.2, 0.25) is 18.1 Å². The molecule has 0 radical (unpaired) electrons. The third-order valence-electron chi connectivity index (χ3n) is 6.61. The number of anilines is 1. The van der Waals surface area contributed by atoms with Crippen LogP contribution in [0.15, 0.2) is 30.4 Å². The molecule has 0 aliphatic carbocycles. The van der Waals surface area contributed by atoms with E-state index in [0.29, 0.717) is 30.8 Å². The van der Waals surface area contributed by atoms with Gasteiger partial charge < -0.3 is 13.7 Å². The van der Waals surface area contributed by atoms with E-state index in [4.69, 9.17) is 9.16 Å². The summed E-state index contributed by atoms with van der Waals surface area (Å²) in [5, 5.41) is 1.08. The zero-order valence-electron chi connectivity index (χ0n) is 21.5. The van der Waals surface area contributed by atoms with Crippen LogP contribution >= 0.6 is 0 Å². The van der Waals surface area contributed by atoms with Crippen LogP contribution in [0.1, 0.15) is 64.0 Å². The smallest absolute Gasteiger partial charge is 0.414 e. The van der Waals surface area contributed by atoms with Crippen molar-refractivity contribution in [1.82, 2.24) is 4.57 Å². The summed E-state index contributed by atoms with van der Waals surface area (Å²) in [5.74, 6) is -0.108. The fourth-order valence-electron chi connectivity index (χ4n) is 3.57. The van der Waals surface area contributed by atoms with Crippen molar-refractivity contribution in [2.24, 2.45) is 7.05 Å². The number of fused-ring (bicyclic) bond motifs is 2. The number of amides is 1. The highest BCUT2D eigenvalue weighted by Gasteiger charge is 2.37. The number of hydrogen-bond acceptors (Lipinski definition) is 4. The van der Waals surface area contributed by atoms with Crippen LogP contribution in [0.5, 0.6) is 0 Å². The number of aryl methyl sites for hydroxylation is 1. The number of hydrogen-bond donors (Lipinski definition) is 0. The van der Waals surface area contributed by atoms with Crippen molar-refractivity contribution in [3.63, 3.8) is 0 Å². The number of nitrogens with zero attached hydrogens (tertiary/aromatic N) is 2. The first-order valence-corrected chi connectivity index (χ1v) is 14.5. The predicted molar refractivity (Wildman–Crippen MR) is 137 cm³/mol. The summed E-state index contributed by atoms with van der Waals surface area (Å²) in [6.07, 6.45) is 3.56. The van der Waals surface area contributed by atoms with Crippen molar-refractivity contribution in [3.8, 4) is 0 Å². The van der Waals surface area contributed by atoms with E-state index in [1.165, 1.54) is 0 Å². The zero-order valence-corrected chi connectivity index (χ0v) is 22.5. The summed E-state index contributed by atoms with van der Waals surface area (Å²) in [4.78, 5) is 27.5. The van der Waals surface area contributed by atoms with Gasteiger partial charge in [0.25, 0.3) is 0 Å². The first-order chi connectivity index (χ1) is 15.1. The maximum absolute atomic E-state index is 13.0. The molecule has 1 aromatic carbocycles. The summed E-state index contributed by atoms with van der Waals surface area (Å²) in [5.41, 5.74) is 2.46. The molecule has 0 saturated heterocycles. The van der Waals surface area contributed by atoms with Gasteiger partial charge in [-0.1, -0.05) is 26.8 Å². The monoisotopic (exact) mass is 470 g/mol. The number of aromatic nitrogens is 1. The van der Waals surface area contributed by atoms with Gasteiger partial charge in [-0.3, -0.25) is 9.69 Å². The molecular weight excluding hydrogens is 432 g/mol. The fourth-order valence-corrected chi connectivity index (χ4v) is 4.51. The molecule has 3 rings (SSSR count). The first kappa shape index (κ1) is 25.2. The van der Waals surface area contributed by atoms with E-state index in [1.807, 2.05) is 46.0 Å². The SMILES string of the molecule is Cn1c(CO[Si](C)(C)C(C)(C)C)cc2cc3c(cc21)N(C(=O)OC(C)(C)C)CC/C=C\C3=O. The van der Waals surface area contributed by atoms with Crippen LogP contribution < -0.4 is 4.90 Å². The second-order valence-electron chi connectivity index (χ2n) is 11.4. The van der Waals surface area contributed by atoms with Crippen LogP contribution in [-0.4, -0.2) is 36.9 Å². The minimum Gasteiger partial charge on any atom is -0.443 e. The van der Waals surface area contributed by atoms with Crippen molar-refractivity contribution < 1.29 is 18.8 Å². The minimum atomic E-state index is -1.90. The van der Waals surface area contributed by atoms with Crippen LogP contribution in [0.25, 0.3) is 10.9 Å². The van der Waals surface area contributed by atoms with Gasteiger partial charge in [-0.25, -0.2) is 4.79 Å². The Morgan fingerprint density at radius 3 is 2.36 bits per heavy atom. The second kappa shape index (κ2) is 8.76. The molecule has 0 unspecified atom stereocenters. The van der Waals surface area contributed by atoms with Crippen molar-refractivity contribution in [2.75, 3.05) is 11.4 Å². The van der Waals surface area contributed by atoms with Gasteiger partial charge >= 0.3 is 6.09 Å². The molecule has 0 saturated carbocycles. The van der Waals surface area contributed by atoms with Crippen molar-refractivity contribution >= 4 is 36.8 Å². The molecule has 0 atom stereocenters. The van der Waals surface area contributed by atoms with E-state index in [-0.39, 0.29) is 10.8 Å². The van der Waals surface area contributed by atoms with Gasteiger partial charge in [-0.15, -0.1) is 0 Å². The Labute approximate surface area is 198 Å². The highest BCUT2D eigenvalue weighted by Crippen LogP contribution is 2.38. The summed E-state index contributed by atoms with van der Waals surface area (Å²) in [6.45, 7) is 17.7. The fraction of sp³-hybridized carbons (Fsp3) is 0.538. The van der Waals surface area contributed by atoms with Crippen LogP contribution in [0.4, 0.5) is 10.5 Å². The molecule has 0 bridgehead atoms. The van der Waals surface area contributed by atoms with Gasteiger partial charge in [0.2, 0.25) is 0 Å². The number of allylic oxidation sites excluding steroid dienone is 1. The zero-order chi connectivity index (χ0) is 24.8. The lowest BCUT2D eigenvalue weighted by Crippen LogP contribution is -2.40. The topological polar surface area (TPSA) is 60.8 Å². The summed E-state index contributed by atoms with van der Waals surface area (Å²) in [7, 11) is 0.0973. The largest absolute Gasteiger partial charge is 0.443 e. The van der Waals surface area contributed by atoms with Gasteiger partial charge in [-0.2, -0.15) is 0 Å². The molecule has 6 nitrogen and oxygen atoms in total. The Morgan fingerprint density at radius 2 is 1.76 bits per heavy atom. The molecule has 0 spiro atoms. The van der Waals surface area contributed by atoms with Crippen molar-refractivity contribution in [1.29, 1.82) is 0 Å². The second-order valence-corrected chi connectivity index (χ2v) is 16.2. The first-order valence-electron chi connectivity index (χ1n) is 11.6. The maximum atomic E-state index is 13.0. The summed E-state index contributed by atoms with van der Waals surface area (Å²) < 4.78 is 14.2. The summed E-state index contributed by atoms with van der Waals surface area (Å²) >= 11 is 0. The normalized spacial score (nSPS) is 16.4. The molecular formula is C26H38N2O4Si. The lowest BCUT2D eigenvalue weighted by molar-refractivity contribution is 0.0581. The number of ether oxygens (including phenoxy) is 1. The van der Waals surface area contributed by atoms with E-state index in [9.17, 15) is 9.59 Å². The quantitative estimate of drug-likeness (QED) is 0.475. The third kappa shape index (κ3) is 5.41. The van der Waals surface area contributed by atoms with Gasteiger partial charge in [0, 0.05) is 30.2 Å². The van der Waals surface area contributed by atoms with E-state index in [2.05, 4.69) is 44.5 Å². The molecule has 1 amide bonds. The Bertz CT molecular complexity index is 1100. The van der Waals surface area contributed by atoms with E-state index in [1.54, 1.807) is 11.0 Å². The Kier molecular flexibility index (Phi) is 6.70. The number of carbonyl (C=O) groups is 2. The lowest BCUT2D eigenvalue weighted by atomic mass is 10.0. The molecule has 7 heteroatoms. The van der Waals surface area contributed by atoms with Gasteiger partial charge in [0.05, 0.1) is 17.8 Å². The van der Waals surface area contributed by atoms with E-state index < -0.39 is 20.0 Å². The molecule has 2 aromatic rings. The predicted octanol–water partition coefficient (Wildman–Crippen LogP) is 6.58. The molecule has 0 fully saturated rings. The molecule has 2 heterocycles. The van der Waals surface area contributed by atoms with Crippen LogP contribution in [0.3, 0.4) is 0 Å². The number of carbonyl (C=O) groups excluding carboxylic acids is 2. The maximum Gasteiger partial charge on any atom is 0.414 e. The van der Waals surface area contributed by atoms with Crippen LogP contribution in [0, 0.1) is 0 Å². The van der Waals surface area contributed by atoms with E-state index >= 15 is 0 Å². The average Bonchev–Trinajstić information content (AvgIpc) is 2.97. The van der Waals surface area contributed by atoms with Crippen LogP contribution in [-0.2, 0) is 22.8 Å². The average molecular weight is 471 g/mol. The Balaban J connectivity index is 2.05.